The van der Waals surface area contributed by atoms with Crippen molar-refractivity contribution < 1.29 is 22.7 Å². The largest absolute Gasteiger partial charge is 0.465 e. The van der Waals surface area contributed by atoms with Crippen molar-refractivity contribution in [2.45, 2.75) is 6.18 Å². The molecule has 0 fully saturated rings. The molecule has 2 aromatic rings. The van der Waals surface area contributed by atoms with Crippen LogP contribution < -0.4 is 5.73 Å². The minimum absolute atomic E-state index is 0.116. The number of nitrogen functional groups attached to an aromatic ring is 1. The smallest absolute Gasteiger partial charge is 0.417 e. The third-order valence-electron chi connectivity index (χ3n) is 2.80. The number of nitrogens with two attached hydrogens (primary N) is 1. The molecule has 0 aliphatic heterocycles. The van der Waals surface area contributed by atoms with Crippen LogP contribution in [0.3, 0.4) is 0 Å². The van der Waals surface area contributed by atoms with E-state index in [0.29, 0.717) is 0 Å². The minimum atomic E-state index is -4.56. The lowest BCUT2D eigenvalue weighted by Crippen LogP contribution is -2.11. The van der Waals surface area contributed by atoms with E-state index in [1.807, 2.05) is 0 Å². The molecule has 0 aliphatic rings. The second-order valence-corrected chi connectivity index (χ2v) is 4.20. The van der Waals surface area contributed by atoms with Crippen LogP contribution in [0.4, 0.5) is 18.9 Å². The van der Waals surface area contributed by atoms with Gasteiger partial charge in [0, 0.05) is 5.56 Å². The fraction of sp³-hybridized carbons (Fsp3) is 0.143. The number of anilines is 1. The molecule has 4 nitrogen and oxygen atoms in total. The van der Waals surface area contributed by atoms with Crippen LogP contribution in [0.15, 0.2) is 36.5 Å². The number of aromatic nitrogens is 1. The number of hydrogen-bond donors (Lipinski definition) is 1. The monoisotopic (exact) mass is 296 g/mol. The van der Waals surface area contributed by atoms with Crippen molar-refractivity contribution >= 4 is 11.7 Å². The Morgan fingerprint density at radius 1 is 1.29 bits per heavy atom. The summed E-state index contributed by atoms with van der Waals surface area (Å²) in [6.45, 7) is 0. The highest BCUT2D eigenvalue weighted by Gasteiger charge is 2.34. The van der Waals surface area contributed by atoms with Gasteiger partial charge in [-0.2, -0.15) is 13.2 Å². The van der Waals surface area contributed by atoms with E-state index < -0.39 is 17.7 Å². The molecule has 0 radical (unpaired) electrons. The van der Waals surface area contributed by atoms with E-state index in [4.69, 9.17) is 5.73 Å². The summed E-state index contributed by atoms with van der Waals surface area (Å²) >= 11 is 0. The van der Waals surface area contributed by atoms with Crippen LogP contribution in [-0.4, -0.2) is 18.1 Å². The lowest BCUT2D eigenvalue weighted by Gasteiger charge is -2.14. The third kappa shape index (κ3) is 2.96. The van der Waals surface area contributed by atoms with E-state index in [0.717, 1.165) is 13.2 Å². The van der Waals surface area contributed by atoms with E-state index in [2.05, 4.69) is 9.72 Å². The molecule has 0 amide bonds. The predicted molar refractivity (Wildman–Crippen MR) is 70.4 cm³/mol. The minimum Gasteiger partial charge on any atom is -0.465 e. The standard InChI is InChI=1S/C14H11F3N2O2/c1-21-13(20)10-6-8(18)7-19-12(10)9-4-2-3-5-11(9)14(15,16)17/h2-7H,18H2,1H3. The summed E-state index contributed by atoms with van der Waals surface area (Å²) < 4.78 is 43.7. The van der Waals surface area contributed by atoms with Crippen LogP contribution in [0.1, 0.15) is 15.9 Å². The van der Waals surface area contributed by atoms with Gasteiger partial charge in [0.1, 0.15) is 0 Å². The van der Waals surface area contributed by atoms with E-state index in [1.165, 1.54) is 30.5 Å². The second kappa shape index (κ2) is 5.43. The Hall–Kier alpha value is -2.57. The van der Waals surface area contributed by atoms with Crippen LogP contribution in [-0.2, 0) is 10.9 Å². The Balaban J connectivity index is 2.71. The number of pyridine rings is 1. The Morgan fingerprint density at radius 2 is 1.95 bits per heavy atom. The molecule has 0 unspecified atom stereocenters. The summed E-state index contributed by atoms with van der Waals surface area (Å²) in [6.07, 6.45) is -3.37. The topological polar surface area (TPSA) is 65.2 Å². The maximum atomic E-state index is 13.1. The van der Waals surface area contributed by atoms with Crippen molar-refractivity contribution in [2.24, 2.45) is 0 Å². The molecule has 1 aromatic heterocycles. The highest BCUT2D eigenvalue weighted by Crippen LogP contribution is 2.37. The van der Waals surface area contributed by atoms with Crippen LogP contribution in [0.2, 0.25) is 0 Å². The molecule has 110 valence electrons. The second-order valence-electron chi connectivity index (χ2n) is 4.20. The van der Waals surface area contributed by atoms with Gasteiger partial charge < -0.3 is 10.5 Å². The Morgan fingerprint density at radius 3 is 2.57 bits per heavy atom. The van der Waals surface area contributed by atoms with Crippen molar-refractivity contribution in [3.63, 3.8) is 0 Å². The van der Waals surface area contributed by atoms with Gasteiger partial charge in [0.2, 0.25) is 0 Å². The molecule has 2 N–H and O–H groups in total. The molecular weight excluding hydrogens is 285 g/mol. The average Bonchev–Trinajstić information content (AvgIpc) is 2.45. The zero-order chi connectivity index (χ0) is 15.6. The van der Waals surface area contributed by atoms with E-state index in [9.17, 15) is 18.0 Å². The Bertz CT molecular complexity index is 684. The predicted octanol–water partition coefficient (Wildman–Crippen LogP) is 3.14. The summed E-state index contributed by atoms with van der Waals surface area (Å²) in [4.78, 5) is 15.6. The molecular formula is C14H11F3N2O2. The molecule has 0 saturated carbocycles. The Labute approximate surface area is 118 Å². The molecule has 2 rings (SSSR count). The van der Waals surface area contributed by atoms with Crippen LogP contribution in [0, 0.1) is 0 Å². The fourth-order valence-corrected chi connectivity index (χ4v) is 1.90. The van der Waals surface area contributed by atoms with Gasteiger partial charge in [0.05, 0.1) is 35.8 Å². The van der Waals surface area contributed by atoms with Crippen LogP contribution in [0.5, 0.6) is 0 Å². The van der Waals surface area contributed by atoms with Crippen LogP contribution >= 0.6 is 0 Å². The van der Waals surface area contributed by atoms with Gasteiger partial charge in [-0.25, -0.2) is 4.79 Å². The lowest BCUT2D eigenvalue weighted by atomic mass is 9.99. The van der Waals surface area contributed by atoms with Gasteiger partial charge in [-0.15, -0.1) is 0 Å². The number of rotatable bonds is 2. The Kier molecular flexibility index (Phi) is 3.84. The highest BCUT2D eigenvalue weighted by atomic mass is 19.4. The van der Waals surface area contributed by atoms with Crippen molar-refractivity contribution in [1.82, 2.24) is 4.98 Å². The van der Waals surface area contributed by atoms with Gasteiger partial charge in [-0.1, -0.05) is 18.2 Å². The number of esters is 1. The molecule has 21 heavy (non-hydrogen) atoms. The fourth-order valence-electron chi connectivity index (χ4n) is 1.90. The van der Waals surface area contributed by atoms with Crippen molar-refractivity contribution in [3.8, 4) is 11.3 Å². The van der Waals surface area contributed by atoms with Gasteiger partial charge in [0.15, 0.2) is 0 Å². The molecule has 1 heterocycles. The molecule has 0 atom stereocenters. The third-order valence-corrected chi connectivity index (χ3v) is 2.80. The van der Waals surface area contributed by atoms with Gasteiger partial charge in [0.25, 0.3) is 0 Å². The summed E-state index contributed by atoms with van der Waals surface area (Å²) in [5.41, 5.74) is 4.36. The van der Waals surface area contributed by atoms with E-state index in [1.54, 1.807) is 0 Å². The molecule has 0 saturated heterocycles. The zero-order valence-corrected chi connectivity index (χ0v) is 10.9. The number of benzene rings is 1. The molecule has 1 aromatic carbocycles. The lowest BCUT2D eigenvalue weighted by molar-refractivity contribution is -0.137. The number of nitrogens with zero attached hydrogens (tertiary/aromatic N) is 1. The number of methoxy groups -OCH3 is 1. The molecule has 0 aliphatic carbocycles. The molecule has 0 spiro atoms. The SMILES string of the molecule is COC(=O)c1cc(N)cnc1-c1ccccc1C(F)(F)F. The normalized spacial score (nSPS) is 11.2. The summed E-state index contributed by atoms with van der Waals surface area (Å²) in [5, 5.41) is 0. The average molecular weight is 296 g/mol. The number of carbonyl (C=O) groups excluding carboxylic acids is 1. The number of ether oxygens (including phenoxy) is 1. The van der Waals surface area contributed by atoms with Gasteiger partial charge >= 0.3 is 12.1 Å². The van der Waals surface area contributed by atoms with E-state index >= 15 is 0 Å². The molecule has 7 heteroatoms. The van der Waals surface area contributed by atoms with E-state index in [-0.39, 0.29) is 22.5 Å². The first kappa shape index (κ1) is 14.8. The van der Waals surface area contributed by atoms with Crippen LogP contribution in [0.25, 0.3) is 11.3 Å². The van der Waals surface area contributed by atoms with Crippen molar-refractivity contribution in [1.29, 1.82) is 0 Å². The summed E-state index contributed by atoms with van der Waals surface area (Å²) in [6, 6.07) is 6.11. The number of alkyl halides is 3. The quantitative estimate of drug-likeness (QED) is 0.865. The van der Waals surface area contributed by atoms with Gasteiger partial charge in [-0.3, -0.25) is 4.98 Å². The zero-order valence-electron chi connectivity index (χ0n) is 10.9. The summed E-state index contributed by atoms with van der Waals surface area (Å²) in [7, 11) is 1.13. The van der Waals surface area contributed by atoms with Crippen molar-refractivity contribution in [3.05, 3.63) is 47.7 Å². The van der Waals surface area contributed by atoms with Crippen molar-refractivity contribution in [2.75, 3.05) is 12.8 Å². The number of halogens is 3. The first-order chi connectivity index (χ1) is 9.84. The maximum absolute atomic E-state index is 13.1. The molecule has 0 bridgehead atoms. The highest BCUT2D eigenvalue weighted by molar-refractivity contribution is 5.97. The first-order valence-corrected chi connectivity index (χ1v) is 5.85. The summed E-state index contributed by atoms with van der Waals surface area (Å²) in [5.74, 6) is -0.804. The number of carbonyl (C=O) groups is 1. The van der Waals surface area contributed by atoms with Gasteiger partial charge in [-0.05, 0) is 12.1 Å². The maximum Gasteiger partial charge on any atom is 0.417 e. The first-order valence-electron chi connectivity index (χ1n) is 5.85. The number of hydrogen-bond acceptors (Lipinski definition) is 4.